The summed E-state index contributed by atoms with van der Waals surface area (Å²) >= 11 is 0.550. The zero-order chi connectivity index (χ0) is 15.8. The lowest BCUT2D eigenvalue weighted by Gasteiger charge is -2.11. The number of carboxylic acids is 1. The Labute approximate surface area is 124 Å². The average molecular weight is 328 g/mol. The number of nitrogens with one attached hydrogen (secondary N) is 2. The van der Waals surface area contributed by atoms with Crippen molar-refractivity contribution in [1.82, 2.24) is 4.98 Å². The molecule has 0 radical (unpaired) electrons. The van der Waals surface area contributed by atoms with E-state index in [1.54, 1.807) is 19.1 Å². The molecule has 3 N–H and O–H groups in total. The van der Waals surface area contributed by atoms with Gasteiger partial charge in [-0.05, 0) is 25.5 Å². The molecule has 2 rings (SSSR count). The Morgan fingerprint density at radius 3 is 2.52 bits per heavy atom. The standard InChI is InChI=1S/C12H12N2O5S2/c1-6-4-3-5-8(9(6)10(15)16)14-21(18,19)11-7(2)13-12(17)20-11/h3-5,14H,1-2H3,(H,13,17)(H,15,16). The second kappa shape index (κ2) is 5.34. The van der Waals surface area contributed by atoms with E-state index in [-0.39, 0.29) is 21.2 Å². The number of aromatic amines is 1. The first kappa shape index (κ1) is 15.3. The van der Waals surface area contributed by atoms with Crippen LogP contribution in [0.25, 0.3) is 0 Å². The number of rotatable bonds is 4. The van der Waals surface area contributed by atoms with E-state index in [0.29, 0.717) is 16.9 Å². The van der Waals surface area contributed by atoms with Crippen LogP contribution in [0.1, 0.15) is 21.6 Å². The molecule has 0 spiro atoms. The number of anilines is 1. The Kier molecular flexibility index (Phi) is 3.88. The molecule has 1 aromatic heterocycles. The SMILES string of the molecule is Cc1cccc(NS(=O)(=O)c2sc(=O)[nH]c2C)c1C(=O)O. The molecule has 0 bridgehead atoms. The molecule has 0 fully saturated rings. The van der Waals surface area contributed by atoms with Gasteiger partial charge in [0.1, 0.15) is 0 Å². The van der Waals surface area contributed by atoms with Gasteiger partial charge in [0.05, 0.1) is 11.3 Å². The van der Waals surface area contributed by atoms with Crippen molar-refractivity contribution in [3.05, 3.63) is 44.7 Å². The normalized spacial score (nSPS) is 11.3. The Hall–Kier alpha value is -2.13. The Morgan fingerprint density at radius 2 is 2.00 bits per heavy atom. The molecule has 7 nitrogen and oxygen atoms in total. The van der Waals surface area contributed by atoms with Crippen LogP contribution in [0.3, 0.4) is 0 Å². The molecule has 0 aliphatic carbocycles. The molecule has 0 amide bonds. The molecule has 0 aliphatic rings. The summed E-state index contributed by atoms with van der Waals surface area (Å²) in [5.41, 5.74) is 0.480. The van der Waals surface area contributed by atoms with E-state index in [4.69, 9.17) is 0 Å². The van der Waals surface area contributed by atoms with Gasteiger partial charge in [-0.2, -0.15) is 0 Å². The number of carbonyl (C=O) groups is 1. The summed E-state index contributed by atoms with van der Waals surface area (Å²) in [6.07, 6.45) is 0. The molecule has 0 saturated heterocycles. The van der Waals surface area contributed by atoms with Crippen LogP contribution in [-0.2, 0) is 10.0 Å². The first-order chi connectivity index (χ1) is 9.72. The Balaban J connectivity index is 2.52. The van der Waals surface area contributed by atoms with Gasteiger partial charge in [-0.15, -0.1) is 0 Å². The molecular formula is C12H12N2O5S2. The van der Waals surface area contributed by atoms with Crippen molar-refractivity contribution in [2.75, 3.05) is 4.72 Å². The minimum Gasteiger partial charge on any atom is -0.478 e. The van der Waals surface area contributed by atoms with Gasteiger partial charge in [-0.3, -0.25) is 9.52 Å². The van der Waals surface area contributed by atoms with Gasteiger partial charge < -0.3 is 10.1 Å². The average Bonchev–Trinajstić information content (AvgIpc) is 2.68. The first-order valence-electron chi connectivity index (χ1n) is 5.78. The summed E-state index contributed by atoms with van der Waals surface area (Å²) in [4.78, 5) is 24.3. The highest BCUT2D eigenvalue weighted by Gasteiger charge is 2.23. The highest BCUT2D eigenvalue weighted by Crippen LogP contribution is 2.25. The summed E-state index contributed by atoms with van der Waals surface area (Å²) in [6, 6.07) is 4.48. The fourth-order valence-electron chi connectivity index (χ4n) is 1.87. The zero-order valence-electron chi connectivity index (χ0n) is 11.1. The van der Waals surface area contributed by atoms with Crippen LogP contribution >= 0.6 is 11.3 Å². The van der Waals surface area contributed by atoms with E-state index in [9.17, 15) is 23.1 Å². The molecule has 0 aliphatic heterocycles. The number of carboxylic acid groups (broad SMARTS) is 1. The second-order valence-electron chi connectivity index (χ2n) is 4.34. The van der Waals surface area contributed by atoms with Gasteiger partial charge >= 0.3 is 10.8 Å². The molecule has 1 aromatic carbocycles. The van der Waals surface area contributed by atoms with Crippen LogP contribution in [0.15, 0.2) is 27.2 Å². The van der Waals surface area contributed by atoms with Gasteiger partial charge in [0.2, 0.25) is 0 Å². The molecule has 2 aromatic rings. The summed E-state index contributed by atoms with van der Waals surface area (Å²) < 4.78 is 26.6. The maximum Gasteiger partial charge on any atom is 0.338 e. The van der Waals surface area contributed by atoms with E-state index < -0.39 is 20.9 Å². The van der Waals surface area contributed by atoms with E-state index in [2.05, 4.69) is 9.71 Å². The minimum absolute atomic E-state index is 0.0391. The molecule has 112 valence electrons. The predicted molar refractivity (Wildman–Crippen MR) is 78.6 cm³/mol. The van der Waals surface area contributed by atoms with Crippen LogP contribution in [0.4, 0.5) is 5.69 Å². The van der Waals surface area contributed by atoms with Gasteiger partial charge in [-0.25, -0.2) is 13.2 Å². The number of thiazole rings is 1. The molecular weight excluding hydrogens is 316 g/mol. The highest BCUT2D eigenvalue weighted by atomic mass is 32.2. The highest BCUT2D eigenvalue weighted by molar-refractivity contribution is 7.94. The van der Waals surface area contributed by atoms with E-state index >= 15 is 0 Å². The minimum atomic E-state index is -4.02. The van der Waals surface area contributed by atoms with Crippen molar-refractivity contribution >= 4 is 33.0 Å². The first-order valence-corrected chi connectivity index (χ1v) is 8.08. The maximum absolute atomic E-state index is 12.3. The lowest BCUT2D eigenvalue weighted by Crippen LogP contribution is -2.16. The second-order valence-corrected chi connectivity index (χ2v) is 7.20. The van der Waals surface area contributed by atoms with Gasteiger partial charge in [0.25, 0.3) is 10.0 Å². The van der Waals surface area contributed by atoms with Crippen molar-refractivity contribution < 1.29 is 18.3 Å². The number of hydrogen-bond acceptors (Lipinski definition) is 5. The number of benzene rings is 1. The molecule has 1 heterocycles. The van der Waals surface area contributed by atoms with Crippen molar-refractivity contribution in [1.29, 1.82) is 0 Å². The zero-order valence-corrected chi connectivity index (χ0v) is 12.8. The van der Waals surface area contributed by atoms with Crippen molar-refractivity contribution in [2.45, 2.75) is 18.1 Å². The third-order valence-electron chi connectivity index (χ3n) is 2.76. The third kappa shape index (κ3) is 2.98. The monoisotopic (exact) mass is 328 g/mol. The predicted octanol–water partition coefficient (Wildman–Crippen LogP) is 1.55. The van der Waals surface area contributed by atoms with E-state index in [0.717, 1.165) is 0 Å². The van der Waals surface area contributed by atoms with E-state index in [1.165, 1.54) is 13.0 Å². The van der Waals surface area contributed by atoms with E-state index in [1.807, 2.05) is 0 Å². The van der Waals surface area contributed by atoms with Gasteiger partial charge in [0.15, 0.2) is 4.21 Å². The number of hydrogen-bond donors (Lipinski definition) is 3. The van der Waals surface area contributed by atoms with Crippen molar-refractivity contribution in [2.24, 2.45) is 0 Å². The Morgan fingerprint density at radius 1 is 1.33 bits per heavy atom. The summed E-state index contributed by atoms with van der Waals surface area (Å²) in [5.74, 6) is -1.23. The largest absolute Gasteiger partial charge is 0.478 e. The van der Waals surface area contributed by atoms with Crippen molar-refractivity contribution in [3.63, 3.8) is 0 Å². The van der Waals surface area contributed by atoms with Crippen LogP contribution < -0.4 is 9.60 Å². The smallest absolute Gasteiger partial charge is 0.338 e. The summed E-state index contributed by atoms with van der Waals surface area (Å²) in [6.45, 7) is 3.03. The lowest BCUT2D eigenvalue weighted by atomic mass is 10.1. The molecule has 0 atom stereocenters. The fraction of sp³-hybridized carbons (Fsp3) is 0.167. The Bertz CT molecular complexity index is 864. The van der Waals surface area contributed by atoms with Crippen LogP contribution in [0, 0.1) is 13.8 Å². The summed E-state index contributed by atoms with van der Waals surface area (Å²) in [5, 5.41) is 9.18. The molecule has 9 heteroatoms. The number of aromatic carboxylic acids is 1. The van der Waals surface area contributed by atoms with Crippen LogP contribution in [0.5, 0.6) is 0 Å². The molecule has 0 saturated carbocycles. The number of aromatic nitrogens is 1. The molecule has 21 heavy (non-hydrogen) atoms. The van der Waals surface area contributed by atoms with Gasteiger partial charge in [-0.1, -0.05) is 23.5 Å². The third-order valence-corrected chi connectivity index (χ3v) is 5.73. The van der Waals surface area contributed by atoms with Gasteiger partial charge in [0, 0.05) is 5.69 Å². The number of H-pyrrole nitrogens is 1. The van der Waals surface area contributed by atoms with Crippen LogP contribution in [-0.4, -0.2) is 24.5 Å². The maximum atomic E-state index is 12.3. The summed E-state index contributed by atoms with van der Waals surface area (Å²) in [7, 11) is -4.02. The van der Waals surface area contributed by atoms with Crippen molar-refractivity contribution in [3.8, 4) is 0 Å². The lowest BCUT2D eigenvalue weighted by molar-refractivity contribution is 0.0697. The fourth-order valence-corrected chi connectivity index (χ4v) is 4.25. The molecule has 0 unspecified atom stereocenters. The van der Waals surface area contributed by atoms with Crippen LogP contribution in [0.2, 0.25) is 0 Å². The number of sulfonamides is 1. The quantitative estimate of drug-likeness (QED) is 0.787. The topological polar surface area (TPSA) is 116 Å². The number of aryl methyl sites for hydroxylation is 2.